The van der Waals surface area contributed by atoms with Crippen LogP contribution in [0.3, 0.4) is 0 Å². The first kappa shape index (κ1) is 12.2. The first-order chi connectivity index (χ1) is 6.50. The highest BCUT2D eigenvalue weighted by molar-refractivity contribution is 7.85. The van der Waals surface area contributed by atoms with Crippen LogP contribution in [-0.2, 0) is 10.8 Å². The van der Waals surface area contributed by atoms with E-state index in [0.29, 0.717) is 16.7 Å². The molecule has 1 aliphatic carbocycles. The minimum atomic E-state index is -0.652. The second kappa shape index (κ2) is 4.75. The second-order valence-corrected chi connectivity index (χ2v) is 6.95. The molecular weight excluding hydrogens is 194 g/mol. The molecule has 2 nitrogen and oxygen atoms in total. The highest BCUT2D eigenvalue weighted by Gasteiger charge is 2.36. The molecule has 1 rings (SSSR count). The Morgan fingerprint density at radius 3 is 2.64 bits per heavy atom. The van der Waals surface area contributed by atoms with Crippen LogP contribution in [0.1, 0.15) is 40.0 Å². The lowest BCUT2D eigenvalue weighted by Gasteiger charge is -2.40. The average molecular weight is 217 g/mol. The van der Waals surface area contributed by atoms with Crippen LogP contribution >= 0.6 is 0 Å². The predicted molar refractivity (Wildman–Crippen MR) is 63.0 cm³/mol. The molecule has 0 amide bonds. The van der Waals surface area contributed by atoms with Crippen LogP contribution < -0.4 is 5.32 Å². The third-order valence-electron chi connectivity index (χ3n) is 3.33. The average Bonchev–Trinajstić information content (AvgIpc) is 2.15. The van der Waals surface area contributed by atoms with E-state index in [1.165, 1.54) is 12.8 Å². The largest absolute Gasteiger partial charge is 0.316 e. The Morgan fingerprint density at radius 2 is 2.14 bits per heavy atom. The van der Waals surface area contributed by atoms with Gasteiger partial charge < -0.3 is 5.32 Å². The number of hydrogen-bond acceptors (Lipinski definition) is 2. The van der Waals surface area contributed by atoms with Crippen molar-refractivity contribution in [3.8, 4) is 0 Å². The Kier molecular flexibility index (Phi) is 4.14. The van der Waals surface area contributed by atoms with Crippen LogP contribution in [0.2, 0.25) is 0 Å². The third kappa shape index (κ3) is 2.80. The minimum absolute atomic E-state index is 0.355. The highest BCUT2D eigenvalue weighted by Crippen LogP contribution is 2.37. The Balaban J connectivity index is 2.70. The molecule has 0 heterocycles. The van der Waals surface area contributed by atoms with Gasteiger partial charge in [-0.15, -0.1) is 0 Å². The summed E-state index contributed by atoms with van der Waals surface area (Å²) >= 11 is 0. The molecule has 0 radical (unpaired) electrons. The van der Waals surface area contributed by atoms with Gasteiger partial charge in [-0.3, -0.25) is 4.21 Å². The number of hydrogen-bond donors (Lipinski definition) is 1. The normalized spacial score (nSPS) is 34.0. The summed E-state index contributed by atoms with van der Waals surface area (Å²) in [6.45, 7) is 6.60. The van der Waals surface area contributed by atoms with Gasteiger partial charge in [0.1, 0.15) is 0 Å². The maximum absolute atomic E-state index is 11.9. The SMILES string of the molecule is CCS(=O)C1CC(C)(C)CCC1NC. The first-order valence-corrected chi connectivity index (χ1v) is 6.93. The molecule has 14 heavy (non-hydrogen) atoms. The summed E-state index contributed by atoms with van der Waals surface area (Å²) in [6.07, 6.45) is 3.51. The van der Waals surface area contributed by atoms with E-state index in [2.05, 4.69) is 19.2 Å². The van der Waals surface area contributed by atoms with Crippen molar-refractivity contribution in [2.75, 3.05) is 12.8 Å². The quantitative estimate of drug-likeness (QED) is 0.782. The Morgan fingerprint density at radius 1 is 1.50 bits per heavy atom. The minimum Gasteiger partial charge on any atom is -0.316 e. The molecule has 0 saturated heterocycles. The zero-order valence-corrected chi connectivity index (χ0v) is 10.6. The molecule has 84 valence electrons. The summed E-state index contributed by atoms with van der Waals surface area (Å²) < 4.78 is 11.9. The summed E-state index contributed by atoms with van der Waals surface area (Å²) in [5.74, 6) is 0.791. The van der Waals surface area contributed by atoms with Crippen molar-refractivity contribution in [1.82, 2.24) is 5.32 Å². The summed E-state index contributed by atoms with van der Waals surface area (Å²) in [7, 11) is 1.34. The molecule has 3 heteroatoms. The standard InChI is InChI=1S/C11H23NOS/c1-5-14(13)10-8-11(2,3)7-6-9(10)12-4/h9-10,12H,5-8H2,1-4H3. The van der Waals surface area contributed by atoms with Crippen LogP contribution in [-0.4, -0.2) is 28.3 Å². The van der Waals surface area contributed by atoms with Gasteiger partial charge in [0.2, 0.25) is 0 Å². The molecule has 1 aliphatic rings. The van der Waals surface area contributed by atoms with Gasteiger partial charge in [0.25, 0.3) is 0 Å². The molecule has 1 saturated carbocycles. The van der Waals surface area contributed by atoms with E-state index in [1.54, 1.807) is 0 Å². The zero-order chi connectivity index (χ0) is 10.8. The zero-order valence-electron chi connectivity index (χ0n) is 9.80. The molecule has 3 unspecified atom stereocenters. The maximum Gasteiger partial charge on any atom is 0.0506 e. The van der Waals surface area contributed by atoms with Crippen molar-refractivity contribution >= 4 is 10.8 Å². The lowest BCUT2D eigenvalue weighted by Crippen LogP contribution is -2.47. The van der Waals surface area contributed by atoms with E-state index in [4.69, 9.17) is 0 Å². The predicted octanol–water partition coefficient (Wildman–Crippen LogP) is 1.92. The first-order valence-electron chi connectivity index (χ1n) is 5.54. The van der Waals surface area contributed by atoms with Gasteiger partial charge in [-0.05, 0) is 31.7 Å². The van der Waals surface area contributed by atoms with Crippen LogP contribution in [0.5, 0.6) is 0 Å². The van der Waals surface area contributed by atoms with E-state index in [9.17, 15) is 4.21 Å². The van der Waals surface area contributed by atoms with Gasteiger partial charge >= 0.3 is 0 Å². The molecule has 0 aromatic rings. The van der Waals surface area contributed by atoms with E-state index < -0.39 is 10.8 Å². The smallest absolute Gasteiger partial charge is 0.0506 e. The molecule has 3 atom stereocenters. The van der Waals surface area contributed by atoms with E-state index in [0.717, 1.165) is 12.2 Å². The molecule has 0 aromatic carbocycles. The van der Waals surface area contributed by atoms with Crippen LogP contribution in [0.25, 0.3) is 0 Å². The van der Waals surface area contributed by atoms with Crippen molar-refractivity contribution in [3.05, 3.63) is 0 Å². The van der Waals surface area contributed by atoms with Crippen molar-refractivity contribution in [1.29, 1.82) is 0 Å². The van der Waals surface area contributed by atoms with Crippen molar-refractivity contribution in [2.24, 2.45) is 5.41 Å². The molecular formula is C11H23NOS. The Labute approximate surface area is 90.3 Å². The highest BCUT2D eigenvalue weighted by atomic mass is 32.2. The third-order valence-corrected chi connectivity index (χ3v) is 5.07. The van der Waals surface area contributed by atoms with Gasteiger partial charge in [0, 0.05) is 22.6 Å². The van der Waals surface area contributed by atoms with Crippen LogP contribution in [0.15, 0.2) is 0 Å². The van der Waals surface area contributed by atoms with Gasteiger partial charge in [-0.2, -0.15) is 0 Å². The van der Waals surface area contributed by atoms with Crippen LogP contribution in [0.4, 0.5) is 0 Å². The van der Waals surface area contributed by atoms with E-state index >= 15 is 0 Å². The van der Waals surface area contributed by atoms with E-state index in [1.807, 2.05) is 14.0 Å². The van der Waals surface area contributed by atoms with Crippen molar-refractivity contribution < 1.29 is 4.21 Å². The summed E-state index contributed by atoms with van der Waals surface area (Å²) in [5.41, 5.74) is 0.378. The molecule has 1 fully saturated rings. The lowest BCUT2D eigenvalue weighted by molar-refractivity contribution is 0.216. The molecule has 0 spiro atoms. The lowest BCUT2D eigenvalue weighted by atomic mass is 9.75. The summed E-state index contributed by atoms with van der Waals surface area (Å²) in [5, 5.41) is 3.67. The van der Waals surface area contributed by atoms with Crippen molar-refractivity contribution in [3.63, 3.8) is 0 Å². The fourth-order valence-corrected chi connectivity index (χ4v) is 4.05. The van der Waals surface area contributed by atoms with Gasteiger partial charge in [-0.1, -0.05) is 20.8 Å². The molecule has 0 bridgehead atoms. The Hall–Kier alpha value is 0.110. The topological polar surface area (TPSA) is 29.1 Å². The number of rotatable bonds is 3. The monoisotopic (exact) mass is 217 g/mol. The Bertz CT molecular complexity index is 215. The fourth-order valence-electron chi connectivity index (χ4n) is 2.34. The van der Waals surface area contributed by atoms with Crippen LogP contribution in [0, 0.1) is 5.41 Å². The van der Waals surface area contributed by atoms with E-state index in [-0.39, 0.29) is 0 Å². The summed E-state index contributed by atoms with van der Waals surface area (Å²) in [6, 6.07) is 0.462. The molecule has 0 aliphatic heterocycles. The fraction of sp³-hybridized carbons (Fsp3) is 1.00. The molecule has 1 N–H and O–H groups in total. The summed E-state index contributed by atoms with van der Waals surface area (Å²) in [4.78, 5) is 0. The van der Waals surface area contributed by atoms with Gasteiger partial charge in [0.05, 0.1) is 5.25 Å². The van der Waals surface area contributed by atoms with Gasteiger partial charge in [-0.25, -0.2) is 0 Å². The maximum atomic E-state index is 11.9. The number of nitrogens with one attached hydrogen (secondary N) is 1. The molecule has 0 aromatic heterocycles. The van der Waals surface area contributed by atoms with Gasteiger partial charge in [0.15, 0.2) is 0 Å². The second-order valence-electron chi connectivity index (χ2n) is 5.01. The van der Waals surface area contributed by atoms with Crippen molar-refractivity contribution in [2.45, 2.75) is 51.3 Å².